The summed E-state index contributed by atoms with van der Waals surface area (Å²) in [5, 5.41) is 10.6. The lowest BCUT2D eigenvalue weighted by atomic mass is 9.99. The van der Waals surface area contributed by atoms with Crippen LogP contribution in [0.15, 0.2) is 0 Å². The molecule has 0 saturated carbocycles. The molecule has 0 aliphatic carbocycles. The zero-order chi connectivity index (χ0) is 72.1. The van der Waals surface area contributed by atoms with Crippen LogP contribution in [0.2, 0.25) is 0 Å². The molecule has 0 aromatic heterocycles. The smallest absolute Gasteiger partial charge is 0.462 e. The molecule has 0 bridgehead atoms. The Morgan fingerprint density at radius 3 is 0.724 bits per heavy atom. The summed E-state index contributed by atoms with van der Waals surface area (Å²) >= 11 is 0. The van der Waals surface area contributed by atoms with Gasteiger partial charge in [-0.2, -0.15) is 0 Å². The molecule has 17 nitrogen and oxygen atoms in total. The van der Waals surface area contributed by atoms with Crippen LogP contribution < -0.4 is 0 Å². The minimum absolute atomic E-state index is 0.107. The Balaban J connectivity index is 5.26. The standard InChI is InChI=1S/C79H154O17P2/c1-7-11-13-15-17-19-21-23-24-25-26-27-28-30-32-38-46-52-58-64-79(84)95-74(67-89-76(81)61-55-49-43-36-34-33-35-41-47-53-59-71(5)9-3)69-93-97(85,86)91-65-73(80)66-92-98(87,88)94-70-75(68-90-77(82)62-56-50-44-40-39-42-48-54-60-72(6)10-4)96-78(83)63-57-51-45-37-31-29-22-20-18-16-14-12-8-2/h71-75,80H,7-70H2,1-6H3,(H,85,86)(H,87,88)/t71?,72?,73-,74-,75-/m1/s1. The first-order valence-electron chi connectivity index (χ1n) is 41.1. The topological polar surface area (TPSA) is 237 Å². The molecular formula is C79H154O17P2. The van der Waals surface area contributed by atoms with Gasteiger partial charge in [0.2, 0.25) is 0 Å². The van der Waals surface area contributed by atoms with Gasteiger partial charge >= 0.3 is 39.5 Å². The van der Waals surface area contributed by atoms with Crippen LogP contribution >= 0.6 is 15.6 Å². The molecular weight excluding hydrogens is 1280 g/mol. The molecule has 0 heterocycles. The van der Waals surface area contributed by atoms with E-state index in [1.54, 1.807) is 0 Å². The molecule has 4 unspecified atom stereocenters. The van der Waals surface area contributed by atoms with E-state index in [2.05, 4.69) is 41.5 Å². The number of unbranched alkanes of at least 4 members (excludes halogenated alkanes) is 46. The van der Waals surface area contributed by atoms with E-state index in [1.807, 2.05) is 0 Å². The predicted octanol–water partition coefficient (Wildman–Crippen LogP) is 23.5. The van der Waals surface area contributed by atoms with E-state index in [4.69, 9.17) is 37.0 Å². The highest BCUT2D eigenvalue weighted by atomic mass is 31.2. The fraction of sp³-hybridized carbons (Fsp3) is 0.949. The summed E-state index contributed by atoms with van der Waals surface area (Å²) in [5.74, 6) is -0.523. The van der Waals surface area contributed by atoms with Gasteiger partial charge in [-0.1, -0.05) is 363 Å². The Morgan fingerprint density at radius 2 is 0.490 bits per heavy atom. The molecule has 0 aromatic carbocycles. The Kier molecular flexibility index (Phi) is 69.3. The maximum atomic E-state index is 13.1. The zero-order valence-electron chi connectivity index (χ0n) is 64.1. The van der Waals surface area contributed by atoms with Gasteiger partial charge in [-0.05, 0) is 37.5 Å². The van der Waals surface area contributed by atoms with E-state index >= 15 is 0 Å². The number of carbonyl (C=O) groups excluding carboxylic acids is 4. The predicted molar refractivity (Wildman–Crippen MR) is 400 cm³/mol. The van der Waals surface area contributed by atoms with E-state index in [0.29, 0.717) is 25.7 Å². The van der Waals surface area contributed by atoms with Gasteiger partial charge in [-0.15, -0.1) is 0 Å². The molecule has 98 heavy (non-hydrogen) atoms. The lowest BCUT2D eigenvalue weighted by Gasteiger charge is -2.21. The van der Waals surface area contributed by atoms with Gasteiger partial charge in [0.25, 0.3) is 0 Å². The number of esters is 4. The third-order valence-electron chi connectivity index (χ3n) is 19.2. The van der Waals surface area contributed by atoms with Gasteiger partial charge in [0.05, 0.1) is 26.4 Å². The second-order valence-corrected chi connectivity index (χ2v) is 31.8. The average Bonchev–Trinajstić information content (AvgIpc) is 1.15. The lowest BCUT2D eigenvalue weighted by molar-refractivity contribution is -0.161. The fourth-order valence-corrected chi connectivity index (χ4v) is 13.7. The summed E-state index contributed by atoms with van der Waals surface area (Å²) in [4.78, 5) is 73.0. The van der Waals surface area contributed by atoms with Gasteiger partial charge in [0.15, 0.2) is 12.2 Å². The van der Waals surface area contributed by atoms with Crippen molar-refractivity contribution in [1.29, 1.82) is 0 Å². The highest BCUT2D eigenvalue weighted by Gasteiger charge is 2.30. The van der Waals surface area contributed by atoms with Gasteiger partial charge in [0, 0.05) is 25.7 Å². The maximum Gasteiger partial charge on any atom is 0.472 e. The highest BCUT2D eigenvalue weighted by molar-refractivity contribution is 7.47. The normalized spacial score (nSPS) is 14.5. The summed E-state index contributed by atoms with van der Waals surface area (Å²) in [5.41, 5.74) is 0. The molecule has 0 aliphatic heterocycles. The molecule has 0 spiro atoms. The molecule has 0 amide bonds. The monoisotopic (exact) mass is 1440 g/mol. The first-order chi connectivity index (χ1) is 47.4. The van der Waals surface area contributed by atoms with Crippen LogP contribution in [0.25, 0.3) is 0 Å². The van der Waals surface area contributed by atoms with Crippen molar-refractivity contribution in [2.45, 2.75) is 432 Å². The molecule has 582 valence electrons. The number of ether oxygens (including phenoxy) is 4. The largest absolute Gasteiger partial charge is 0.472 e. The SMILES string of the molecule is CCCCCCCCCCCCCCCCCCCCCC(=O)O[C@H](COC(=O)CCCCCCCCCCCCC(C)CC)COP(=O)(O)OC[C@@H](O)COP(=O)(O)OC[C@@H](COC(=O)CCCCCCCCCCC(C)CC)OC(=O)CCCCCCCCCCCCCCC. The number of hydrogen-bond donors (Lipinski definition) is 3. The van der Waals surface area contributed by atoms with Crippen molar-refractivity contribution in [3.05, 3.63) is 0 Å². The summed E-state index contributed by atoms with van der Waals surface area (Å²) < 4.78 is 68.7. The van der Waals surface area contributed by atoms with E-state index in [-0.39, 0.29) is 25.7 Å². The number of hydrogen-bond acceptors (Lipinski definition) is 15. The third kappa shape index (κ3) is 69.8. The second kappa shape index (κ2) is 70.7. The van der Waals surface area contributed by atoms with E-state index in [9.17, 15) is 43.2 Å². The Bertz CT molecular complexity index is 1890. The molecule has 0 rings (SSSR count). The Labute approximate surface area is 600 Å². The van der Waals surface area contributed by atoms with Crippen molar-refractivity contribution in [3.8, 4) is 0 Å². The molecule has 0 saturated heterocycles. The van der Waals surface area contributed by atoms with Crippen LogP contribution in [0.3, 0.4) is 0 Å². The first kappa shape index (κ1) is 96.1. The number of phosphoric ester groups is 2. The van der Waals surface area contributed by atoms with Crippen LogP contribution in [0.4, 0.5) is 0 Å². The minimum atomic E-state index is -4.96. The van der Waals surface area contributed by atoms with E-state index in [0.717, 1.165) is 102 Å². The number of phosphoric acid groups is 2. The second-order valence-electron chi connectivity index (χ2n) is 28.9. The van der Waals surface area contributed by atoms with Crippen LogP contribution in [0.5, 0.6) is 0 Å². The van der Waals surface area contributed by atoms with E-state index in [1.165, 1.54) is 231 Å². The van der Waals surface area contributed by atoms with Crippen LogP contribution in [-0.4, -0.2) is 96.7 Å². The summed E-state index contributed by atoms with van der Waals surface area (Å²) in [6, 6.07) is 0. The number of aliphatic hydroxyl groups excluding tert-OH is 1. The van der Waals surface area contributed by atoms with Gasteiger partial charge in [-0.3, -0.25) is 37.3 Å². The quantitative estimate of drug-likeness (QED) is 0.0222. The van der Waals surface area contributed by atoms with Crippen molar-refractivity contribution in [1.82, 2.24) is 0 Å². The first-order valence-corrected chi connectivity index (χ1v) is 44.1. The maximum absolute atomic E-state index is 13.1. The Morgan fingerprint density at radius 1 is 0.286 bits per heavy atom. The number of carbonyl (C=O) groups is 4. The van der Waals surface area contributed by atoms with Crippen molar-refractivity contribution in [2.24, 2.45) is 11.8 Å². The van der Waals surface area contributed by atoms with Crippen molar-refractivity contribution in [3.63, 3.8) is 0 Å². The molecule has 0 radical (unpaired) electrons. The summed E-state index contributed by atoms with van der Waals surface area (Å²) in [6.07, 6.45) is 59.4. The molecule has 3 N–H and O–H groups in total. The molecule has 0 aromatic rings. The number of rotatable bonds is 78. The summed E-state index contributed by atoms with van der Waals surface area (Å²) in [7, 11) is -9.92. The zero-order valence-corrected chi connectivity index (χ0v) is 65.9. The third-order valence-corrected chi connectivity index (χ3v) is 21.1. The van der Waals surface area contributed by atoms with E-state index < -0.39 is 97.5 Å². The summed E-state index contributed by atoms with van der Waals surface area (Å²) in [6.45, 7) is 9.65. The highest BCUT2D eigenvalue weighted by Crippen LogP contribution is 2.45. The molecule has 7 atom stereocenters. The van der Waals surface area contributed by atoms with Crippen molar-refractivity contribution < 1.29 is 80.2 Å². The Hall–Kier alpha value is -1.94. The van der Waals surface area contributed by atoms with Crippen molar-refractivity contribution >= 4 is 39.5 Å². The van der Waals surface area contributed by atoms with Crippen molar-refractivity contribution in [2.75, 3.05) is 39.6 Å². The van der Waals surface area contributed by atoms with Crippen LogP contribution in [-0.2, 0) is 65.4 Å². The number of aliphatic hydroxyl groups is 1. The van der Waals surface area contributed by atoms with Gasteiger partial charge < -0.3 is 33.8 Å². The van der Waals surface area contributed by atoms with Crippen LogP contribution in [0, 0.1) is 11.8 Å². The minimum Gasteiger partial charge on any atom is -0.462 e. The molecule has 0 aliphatic rings. The van der Waals surface area contributed by atoms with Gasteiger partial charge in [-0.25, -0.2) is 9.13 Å². The molecule has 0 fully saturated rings. The fourth-order valence-electron chi connectivity index (χ4n) is 12.1. The lowest BCUT2D eigenvalue weighted by Crippen LogP contribution is -2.30. The van der Waals surface area contributed by atoms with Crippen LogP contribution in [0.1, 0.15) is 414 Å². The average molecular weight is 1440 g/mol. The molecule has 19 heteroatoms. The van der Waals surface area contributed by atoms with Gasteiger partial charge in [0.1, 0.15) is 19.3 Å².